The topological polar surface area (TPSA) is 113 Å². The molecule has 0 saturated heterocycles. The van der Waals surface area contributed by atoms with Crippen LogP contribution in [0.25, 0.3) is 0 Å². The average molecular weight is 379 g/mol. The van der Waals surface area contributed by atoms with E-state index in [0.717, 1.165) is 18.5 Å². The Morgan fingerprint density at radius 2 is 1.96 bits per heavy atom. The van der Waals surface area contributed by atoms with E-state index in [1.54, 1.807) is 0 Å². The number of nitro groups is 1. The summed E-state index contributed by atoms with van der Waals surface area (Å²) in [5.74, 6) is -0.207. The molecule has 10 heteroatoms. The Bertz CT molecular complexity index is 862. The highest BCUT2D eigenvalue weighted by Gasteiger charge is 2.33. The molecule has 0 atom stereocenters. The van der Waals surface area contributed by atoms with Crippen LogP contribution < -0.4 is 19.5 Å². The zero-order valence-electron chi connectivity index (χ0n) is 14.4. The molecule has 1 aliphatic carbocycles. The molecule has 1 aromatic heterocycles. The lowest BCUT2D eigenvalue weighted by Gasteiger charge is -2.14. The molecule has 1 fully saturated rings. The summed E-state index contributed by atoms with van der Waals surface area (Å²) in [6, 6.07) is 1.25. The first-order valence-corrected chi connectivity index (χ1v) is 8.62. The highest BCUT2D eigenvalue weighted by molar-refractivity contribution is 7.14. The number of hydrogen-bond donors (Lipinski definition) is 1. The van der Waals surface area contributed by atoms with Gasteiger partial charge in [-0.2, -0.15) is 0 Å². The van der Waals surface area contributed by atoms with Crippen LogP contribution in [-0.2, 0) is 0 Å². The quantitative estimate of drug-likeness (QED) is 0.580. The standard InChI is InChI=1S/C16H17N3O6S/c1-23-11-6-9(12(19(21)22)14(25-3)13(11)24-2)15(20)18-16-17-10(7-26-16)8-4-5-8/h6-8H,4-5H2,1-3H3,(H,17,18,20). The van der Waals surface area contributed by atoms with Crippen LogP contribution in [0.4, 0.5) is 10.8 Å². The van der Waals surface area contributed by atoms with Crippen LogP contribution in [0.3, 0.4) is 0 Å². The molecule has 26 heavy (non-hydrogen) atoms. The Morgan fingerprint density at radius 3 is 2.50 bits per heavy atom. The predicted molar refractivity (Wildman–Crippen MR) is 94.8 cm³/mol. The molecule has 1 heterocycles. The molecule has 1 aromatic carbocycles. The zero-order valence-corrected chi connectivity index (χ0v) is 15.2. The fraction of sp³-hybridized carbons (Fsp3) is 0.375. The molecular formula is C16H17N3O6S. The third-order valence-electron chi connectivity index (χ3n) is 3.97. The monoisotopic (exact) mass is 379 g/mol. The van der Waals surface area contributed by atoms with Gasteiger partial charge in [-0.25, -0.2) is 4.98 Å². The largest absolute Gasteiger partial charge is 0.493 e. The van der Waals surface area contributed by atoms with Crippen molar-refractivity contribution in [3.05, 3.63) is 32.8 Å². The van der Waals surface area contributed by atoms with Gasteiger partial charge in [0.15, 0.2) is 10.9 Å². The molecule has 1 N–H and O–H groups in total. The molecule has 0 radical (unpaired) electrons. The molecular weight excluding hydrogens is 362 g/mol. The maximum absolute atomic E-state index is 12.7. The number of carbonyl (C=O) groups is 1. The summed E-state index contributed by atoms with van der Waals surface area (Å²) in [7, 11) is 3.96. The Kier molecular flexibility index (Phi) is 4.94. The second-order valence-corrected chi connectivity index (χ2v) is 6.46. The van der Waals surface area contributed by atoms with Gasteiger partial charge in [-0.05, 0) is 12.8 Å². The second kappa shape index (κ2) is 7.16. The van der Waals surface area contributed by atoms with Crippen LogP contribution in [0, 0.1) is 10.1 Å². The zero-order chi connectivity index (χ0) is 18.8. The summed E-state index contributed by atoms with van der Waals surface area (Å²) in [6.07, 6.45) is 2.19. The molecule has 1 amide bonds. The number of nitro benzene ring substituents is 1. The van der Waals surface area contributed by atoms with Gasteiger partial charge in [-0.3, -0.25) is 20.2 Å². The molecule has 0 aliphatic heterocycles. The number of methoxy groups -OCH3 is 3. The first kappa shape index (κ1) is 17.9. The summed E-state index contributed by atoms with van der Waals surface area (Å²) in [5.41, 5.74) is 0.235. The molecule has 9 nitrogen and oxygen atoms in total. The number of nitrogens with one attached hydrogen (secondary N) is 1. The third kappa shape index (κ3) is 3.27. The first-order chi connectivity index (χ1) is 12.5. The van der Waals surface area contributed by atoms with E-state index in [2.05, 4.69) is 10.3 Å². The minimum Gasteiger partial charge on any atom is -0.493 e. The average Bonchev–Trinajstić information content (AvgIpc) is 3.38. The van der Waals surface area contributed by atoms with E-state index in [4.69, 9.17) is 14.2 Å². The minimum atomic E-state index is -0.687. The summed E-state index contributed by atoms with van der Waals surface area (Å²) < 4.78 is 15.4. The SMILES string of the molecule is COc1cc(C(=O)Nc2nc(C3CC3)cs2)c([N+](=O)[O-])c(OC)c1OC. The van der Waals surface area contributed by atoms with Gasteiger partial charge in [-0.15, -0.1) is 11.3 Å². The Hall–Kier alpha value is -2.88. The Balaban J connectivity index is 2.00. The number of ether oxygens (including phenoxy) is 3. The van der Waals surface area contributed by atoms with Gasteiger partial charge in [0, 0.05) is 17.4 Å². The van der Waals surface area contributed by atoms with Crippen molar-refractivity contribution in [3.8, 4) is 17.2 Å². The number of amides is 1. The van der Waals surface area contributed by atoms with Gasteiger partial charge >= 0.3 is 5.69 Å². The second-order valence-electron chi connectivity index (χ2n) is 5.60. The van der Waals surface area contributed by atoms with Crippen LogP contribution >= 0.6 is 11.3 Å². The lowest BCUT2D eigenvalue weighted by atomic mass is 10.1. The summed E-state index contributed by atoms with van der Waals surface area (Å²) in [5, 5.41) is 16.4. The van der Waals surface area contributed by atoms with Crippen molar-refractivity contribution in [2.24, 2.45) is 0 Å². The molecule has 2 aromatic rings. The van der Waals surface area contributed by atoms with Crippen molar-refractivity contribution in [2.45, 2.75) is 18.8 Å². The van der Waals surface area contributed by atoms with E-state index in [-0.39, 0.29) is 22.8 Å². The molecule has 0 spiro atoms. The van der Waals surface area contributed by atoms with Crippen molar-refractivity contribution in [1.29, 1.82) is 0 Å². The van der Waals surface area contributed by atoms with E-state index in [0.29, 0.717) is 11.0 Å². The smallest absolute Gasteiger partial charge is 0.327 e. The lowest BCUT2D eigenvalue weighted by Crippen LogP contribution is -2.15. The number of carbonyl (C=O) groups excluding carboxylic acids is 1. The fourth-order valence-corrected chi connectivity index (χ4v) is 3.36. The number of benzene rings is 1. The van der Waals surface area contributed by atoms with Crippen molar-refractivity contribution in [1.82, 2.24) is 4.98 Å². The van der Waals surface area contributed by atoms with Crippen LogP contribution in [-0.4, -0.2) is 37.1 Å². The van der Waals surface area contributed by atoms with E-state index >= 15 is 0 Å². The highest BCUT2D eigenvalue weighted by atomic mass is 32.1. The molecule has 1 saturated carbocycles. The normalized spacial score (nSPS) is 13.2. The number of rotatable bonds is 7. The van der Waals surface area contributed by atoms with Crippen molar-refractivity contribution in [3.63, 3.8) is 0 Å². The van der Waals surface area contributed by atoms with E-state index in [1.165, 1.54) is 38.7 Å². The Morgan fingerprint density at radius 1 is 1.27 bits per heavy atom. The van der Waals surface area contributed by atoms with Crippen LogP contribution in [0.2, 0.25) is 0 Å². The molecule has 1 aliphatic rings. The maximum atomic E-state index is 12.7. The number of anilines is 1. The minimum absolute atomic E-state index is 0.0449. The van der Waals surface area contributed by atoms with E-state index < -0.39 is 16.5 Å². The fourth-order valence-electron chi connectivity index (χ4n) is 2.57. The molecule has 138 valence electrons. The van der Waals surface area contributed by atoms with Gasteiger partial charge in [0.1, 0.15) is 5.56 Å². The predicted octanol–water partition coefficient (Wildman–Crippen LogP) is 3.21. The van der Waals surface area contributed by atoms with Gasteiger partial charge in [-0.1, -0.05) is 0 Å². The van der Waals surface area contributed by atoms with Crippen molar-refractivity contribution >= 4 is 28.1 Å². The van der Waals surface area contributed by atoms with Crippen molar-refractivity contribution < 1.29 is 23.9 Å². The van der Waals surface area contributed by atoms with Gasteiger partial charge in [0.25, 0.3) is 5.91 Å². The molecule has 0 bridgehead atoms. The Labute approximate surface area is 153 Å². The number of thiazole rings is 1. The van der Waals surface area contributed by atoms with E-state index in [9.17, 15) is 14.9 Å². The number of hydrogen-bond acceptors (Lipinski definition) is 8. The van der Waals surface area contributed by atoms with Crippen LogP contribution in [0.1, 0.15) is 34.8 Å². The van der Waals surface area contributed by atoms with Gasteiger partial charge in [0.2, 0.25) is 11.5 Å². The summed E-state index contributed by atoms with van der Waals surface area (Å²) >= 11 is 1.28. The first-order valence-electron chi connectivity index (χ1n) is 7.74. The summed E-state index contributed by atoms with van der Waals surface area (Å²) in [6.45, 7) is 0. The van der Waals surface area contributed by atoms with Crippen LogP contribution in [0.15, 0.2) is 11.4 Å². The number of aromatic nitrogens is 1. The highest BCUT2D eigenvalue weighted by Crippen LogP contribution is 2.46. The third-order valence-corrected chi connectivity index (χ3v) is 4.74. The van der Waals surface area contributed by atoms with Crippen molar-refractivity contribution in [2.75, 3.05) is 26.6 Å². The molecule has 3 rings (SSSR count). The summed E-state index contributed by atoms with van der Waals surface area (Å²) in [4.78, 5) is 27.9. The lowest BCUT2D eigenvalue weighted by molar-refractivity contribution is -0.386. The number of nitrogens with zero attached hydrogens (tertiary/aromatic N) is 2. The van der Waals surface area contributed by atoms with Crippen LogP contribution in [0.5, 0.6) is 17.2 Å². The maximum Gasteiger partial charge on any atom is 0.327 e. The van der Waals surface area contributed by atoms with Gasteiger partial charge < -0.3 is 14.2 Å². The van der Waals surface area contributed by atoms with Gasteiger partial charge in [0.05, 0.1) is 31.9 Å². The van der Waals surface area contributed by atoms with E-state index in [1.807, 2.05) is 5.38 Å². The molecule has 0 unspecified atom stereocenters.